The maximum absolute atomic E-state index is 6.11. The zero-order valence-corrected chi connectivity index (χ0v) is 10.6. The Morgan fingerprint density at radius 2 is 1.68 bits per heavy atom. The number of nitrogens with zero attached hydrogens (tertiary/aromatic N) is 2. The van der Waals surface area contributed by atoms with E-state index in [2.05, 4.69) is 10.2 Å². The summed E-state index contributed by atoms with van der Waals surface area (Å²) in [5, 5.41) is 8.52. The van der Waals surface area contributed by atoms with Crippen molar-refractivity contribution in [3.05, 3.63) is 53.6 Å². The third kappa shape index (κ3) is 2.30. The number of rotatable bonds is 2. The quantitative estimate of drug-likeness (QED) is 0.723. The van der Waals surface area contributed by atoms with E-state index >= 15 is 0 Å². The predicted octanol–water partition coefficient (Wildman–Crippen LogP) is 3.64. The number of benzene rings is 2. The molecule has 0 bridgehead atoms. The van der Waals surface area contributed by atoms with Crippen molar-refractivity contribution in [3.8, 4) is 22.9 Å². The molecule has 19 heavy (non-hydrogen) atoms. The number of hydrogen-bond donors (Lipinski definition) is 1. The first-order valence-corrected chi connectivity index (χ1v) is 6.06. The number of nitrogens with two attached hydrogens (primary N) is 1. The van der Waals surface area contributed by atoms with Gasteiger partial charge in [-0.1, -0.05) is 29.8 Å². The van der Waals surface area contributed by atoms with E-state index in [1.165, 1.54) is 0 Å². The number of hydrogen-bond acceptors (Lipinski definition) is 4. The molecular weight excluding hydrogens is 262 g/mol. The fourth-order valence-corrected chi connectivity index (χ4v) is 2.00. The minimum atomic E-state index is 0.379. The summed E-state index contributed by atoms with van der Waals surface area (Å²) in [5.41, 5.74) is 7.78. The van der Waals surface area contributed by atoms with Crippen LogP contribution in [0.5, 0.6) is 0 Å². The van der Waals surface area contributed by atoms with Crippen molar-refractivity contribution in [2.24, 2.45) is 0 Å². The second kappa shape index (κ2) is 4.74. The lowest BCUT2D eigenvalue weighted by molar-refractivity contribution is 0.584. The van der Waals surface area contributed by atoms with Crippen LogP contribution in [0.3, 0.4) is 0 Å². The first kappa shape index (κ1) is 11.7. The second-order valence-corrected chi connectivity index (χ2v) is 4.42. The maximum atomic E-state index is 6.11. The minimum Gasteiger partial charge on any atom is -0.416 e. The van der Waals surface area contributed by atoms with E-state index < -0.39 is 0 Å². The molecule has 0 aliphatic carbocycles. The average molecular weight is 272 g/mol. The lowest BCUT2D eigenvalue weighted by atomic mass is 10.2. The van der Waals surface area contributed by atoms with Gasteiger partial charge in [-0.25, -0.2) is 0 Å². The molecule has 1 heterocycles. The summed E-state index contributed by atoms with van der Waals surface area (Å²) < 4.78 is 5.63. The molecule has 0 aliphatic rings. The molecule has 94 valence electrons. The average Bonchev–Trinajstić information content (AvgIpc) is 2.89. The monoisotopic (exact) mass is 271 g/mol. The molecule has 0 fully saturated rings. The van der Waals surface area contributed by atoms with Crippen molar-refractivity contribution in [2.75, 3.05) is 5.73 Å². The Morgan fingerprint density at radius 1 is 0.947 bits per heavy atom. The molecule has 0 atom stereocenters. The van der Waals surface area contributed by atoms with Gasteiger partial charge in [0.05, 0.1) is 10.6 Å². The van der Waals surface area contributed by atoms with E-state index in [-0.39, 0.29) is 0 Å². The van der Waals surface area contributed by atoms with E-state index in [4.69, 9.17) is 21.8 Å². The second-order valence-electron chi connectivity index (χ2n) is 4.02. The molecular formula is C14H10ClN3O. The van der Waals surface area contributed by atoms with Crippen molar-refractivity contribution in [1.82, 2.24) is 10.2 Å². The van der Waals surface area contributed by atoms with Gasteiger partial charge in [0.1, 0.15) is 0 Å². The number of nitrogen functional groups attached to an aromatic ring is 1. The third-order valence-electron chi connectivity index (χ3n) is 2.67. The first-order valence-electron chi connectivity index (χ1n) is 5.68. The van der Waals surface area contributed by atoms with Crippen LogP contribution in [-0.2, 0) is 0 Å². The van der Waals surface area contributed by atoms with Gasteiger partial charge in [-0.3, -0.25) is 0 Å². The molecule has 0 unspecified atom stereocenters. The van der Waals surface area contributed by atoms with Crippen molar-refractivity contribution in [3.63, 3.8) is 0 Å². The summed E-state index contributed by atoms with van der Waals surface area (Å²) in [6.07, 6.45) is 0. The largest absolute Gasteiger partial charge is 0.416 e. The molecule has 1 aromatic heterocycles. The molecule has 0 spiro atoms. The van der Waals surface area contributed by atoms with E-state index in [1.807, 2.05) is 30.3 Å². The topological polar surface area (TPSA) is 64.9 Å². The molecule has 0 aliphatic heterocycles. The predicted molar refractivity (Wildman–Crippen MR) is 74.6 cm³/mol. The summed E-state index contributed by atoms with van der Waals surface area (Å²) in [4.78, 5) is 0. The third-order valence-corrected chi connectivity index (χ3v) is 2.98. The molecule has 0 amide bonds. The normalized spacial score (nSPS) is 10.6. The summed E-state index contributed by atoms with van der Waals surface area (Å²) in [6, 6.07) is 14.7. The highest BCUT2D eigenvalue weighted by Gasteiger charge is 2.13. The number of halogens is 1. The molecule has 4 nitrogen and oxygen atoms in total. The van der Waals surface area contributed by atoms with Crippen LogP contribution in [0.25, 0.3) is 22.9 Å². The van der Waals surface area contributed by atoms with Gasteiger partial charge in [0, 0.05) is 11.3 Å². The Bertz CT molecular complexity index is 710. The highest BCUT2D eigenvalue weighted by atomic mass is 35.5. The van der Waals surface area contributed by atoms with Crippen LogP contribution in [0.15, 0.2) is 52.9 Å². The van der Waals surface area contributed by atoms with Gasteiger partial charge < -0.3 is 10.2 Å². The van der Waals surface area contributed by atoms with Crippen LogP contribution >= 0.6 is 11.6 Å². The first-order chi connectivity index (χ1) is 9.24. The Kier molecular flexibility index (Phi) is 2.93. The SMILES string of the molecule is Nc1ccc(-c2nnc(-c3ccccc3)o2)c(Cl)c1. The summed E-state index contributed by atoms with van der Waals surface area (Å²) in [5.74, 6) is 0.840. The van der Waals surface area contributed by atoms with E-state index in [0.717, 1.165) is 5.56 Å². The maximum Gasteiger partial charge on any atom is 0.249 e. The van der Waals surface area contributed by atoms with Crippen molar-refractivity contribution in [2.45, 2.75) is 0 Å². The summed E-state index contributed by atoms with van der Waals surface area (Å²) in [7, 11) is 0. The van der Waals surface area contributed by atoms with Gasteiger partial charge >= 0.3 is 0 Å². The van der Waals surface area contributed by atoms with Gasteiger partial charge in [0.15, 0.2) is 0 Å². The van der Waals surface area contributed by atoms with E-state index in [0.29, 0.717) is 28.1 Å². The summed E-state index contributed by atoms with van der Waals surface area (Å²) in [6.45, 7) is 0. The zero-order chi connectivity index (χ0) is 13.2. The van der Waals surface area contributed by atoms with Gasteiger partial charge in [0.2, 0.25) is 11.8 Å². The van der Waals surface area contributed by atoms with E-state index in [9.17, 15) is 0 Å². The number of anilines is 1. The van der Waals surface area contributed by atoms with Crippen LogP contribution in [0.2, 0.25) is 5.02 Å². The highest BCUT2D eigenvalue weighted by molar-refractivity contribution is 6.33. The Labute approximate surface area is 114 Å². The van der Waals surface area contributed by atoms with Crippen molar-refractivity contribution >= 4 is 17.3 Å². The smallest absolute Gasteiger partial charge is 0.249 e. The zero-order valence-electron chi connectivity index (χ0n) is 9.88. The van der Waals surface area contributed by atoms with Crippen LogP contribution in [0.1, 0.15) is 0 Å². The van der Waals surface area contributed by atoms with Gasteiger partial charge in [-0.2, -0.15) is 0 Å². The van der Waals surface area contributed by atoms with Gasteiger partial charge in [-0.15, -0.1) is 10.2 Å². The van der Waals surface area contributed by atoms with Crippen molar-refractivity contribution in [1.29, 1.82) is 0 Å². The Morgan fingerprint density at radius 3 is 2.42 bits per heavy atom. The lowest BCUT2D eigenvalue weighted by Gasteiger charge is -1.99. The standard InChI is InChI=1S/C14H10ClN3O/c15-12-8-10(16)6-7-11(12)14-18-17-13(19-14)9-4-2-1-3-5-9/h1-8H,16H2. The molecule has 2 aromatic carbocycles. The molecule has 0 saturated heterocycles. The summed E-state index contributed by atoms with van der Waals surface area (Å²) >= 11 is 6.11. The fraction of sp³-hybridized carbons (Fsp3) is 0. The Balaban J connectivity index is 2.02. The number of aromatic nitrogens is 2. The van der Waals surface area contributed by atoms with E-state index in [1.54, 1.807) is 18.2 Å². The van der Waals surface area contributed by atoms with Crippen LogP contribution in [-0.4, -0.2) is 10.2 Å². The van der Waals surface area contributed by atoms with Crippen molar-refractivity contribution < 1.29 is 4.42 Å². The molecule has 2 N–H and O–H groups in total. The van der Waals surface area contributed by atoms with Crippen LogP contribution in [0.4, 0.5) is 5.69 Å². The highest BCUT2D eigenvalue weighted by Crippen LogP contribution is 2.30. The molecule has 3 aromatic rings. The fourth-order valence-electron chi connectivity index (χ4n) is 1.73. The molecule has 3 rings (SSSR count). The minimum absolute atomic E-state index is 0.379. The molecule has 5 heteroatoms. The van der Waals surface area contributed by atoms with Gasteiger partial charge in [-0.05, 0) is 30.3 Å². The van der Waals surface area contributed by atoms with Gasteiger partial charge in [0.25, 0.3) is 0 Å². The van der Waals surface area contributed by atoms with Crippen LogP contribution < -0.4 is 5.73 Å². The molecule has 0 saturated carbocycles. The Hall–Kier alpha value is -2.33. The lowest BCUT2D eigenvalue weighted by Crippen LogP contribution is -1.86. The van der Waals surface area contributed by atoms with Crippen LogP contribution in [0, 0.1) is 0 Å². The molecule has 0 radical (unpaired) electrons.